The Hall–Kier alpha value is -1.85. The first-order valence-electron chi connectivity index (χ1n) is 8.34. The molecule has 2 aromatic rings. The van der Waals surface area contributed by atoms with Crippen LogP contribution in [0.3, 0.4) is 0 Å². The number of benzene rings is 1. The van der Waals surface area contributed by atoms with Gasteiger partial charge in [0.15, 0.2) is 0 Å². The monoisotopic (exact) mass is 344 g/mol. The number of nitrogens with zero attached hydrogens (tertiary/aromatic N) is 1. The number of nitrogens with one attached hydrogen (secondary N) is 1. The number of rotatable bonds is 5. The van der Waals surface area contributed by atoms with Gasteiger partial charge in [0.2, 0.25) is 0 Å². The normalized spacial score (nSPS) is 17.3. The van der Waals surface area contributed by atoms with Gasteiger partial charge in [-0.25, -0.2) is 0 Å². The fourth-order valence-electron chi connectivity index (χ4n) is 3.34. The molecule has 0 bridgehead atoms. The molecule has 1 amide bonds. The summed E-state index contributed by atoms with van der Waals surface area (Å²) >= 11 is 1.59. The first kappa shape index (κ1) is 17.0. The number of thiophene rings is 1. The molecule has 0 aliphatic carbocycles. The van der Waals surface area contributed by atoms with Crippen molar-refractivity contribution in [3.63, 3.8) is 0 Å². The molecule has 0 spiro atoms. The van der Waals surface area contributed by atoms with Crippen molar-refractivity contribution in [2.45, 2.75) is 25.8 Å². The van der Waals surface area contributed by atoms with Crippen LogP contribution in [-0.4, -0.2) is 44.1 Å². The molecule has 3 rings (SSSR count). The molecule has 1 fully saturated rings. The quantitative estimate of drug-likeness (QED) is 0.902. The number of amides is 1. The third-order valence-corrected chi connectivity index (χ3v) is 5.65. The van der Waals surface area contributed by atoms with Gasteiger partial charge in [-0.15, -0.1) is 11.3 Å². The van der Waals surface area contributed by atoms with Gasteiger partial charge in [0.25, 0.3) is 5.91 Å². The number of hydrogen-bond donors (Lipinski definition) is 1. The topological polar surface area (TPSA) is 41.6 Å². The zero-order chi connectivity index (χ0) is 17.1. The molecule has 1 saturated heterocycles. The van der Waals surface area contributed by atoms with E-state index in [4.69, 9.17) is 4.74 Å². The maximum Gasteiger partial charge on any atom is 0.264 e. The Morgan fingerprint density at radius 1 is 1.38 bits per heavy atom. The highest BCUT2D eigenvalue weighted by Crippen LogP contribution is 2.33. The maximum atomic E-state index is 12.9. The largest absolute Gasteiger partial charge is 0.497 e. The van der Waals surface area contributed by atoms with E-state index in [-0.39, 0.29) is 5.91 Å². The van der Waals surface area contributed by atoms with Crippen molar-refractivity contribution in [2.75, 3.05) is 27.2 Å². The predicted molar refractivity (Wildman–Crippen MR) is 99.0 cm³/mol. The van der Waals surface area contributed by atoms with Crippen LogP contribution in [0.4, 0.5) is 0 Å². The summed E-state index contributed by atoms with van der Waals surface area (Å²) < 4.78 is 5.22. The summed E-state index contributed by atoms with van der Waals surface area (Å²) in [5.74, 6) is 1.01. The number of aryl methyl sites for hydroxylation is 1. The lowest BCUT2D eigenvalue weighted by Crippen LogP contribution is -2.40. The molecule has 2 heterocycles. The van der Waals surface area contributed by atoms with E-state index < -0.39 is 0 Å². The molecule has 0 radical (unpaired) electrons. The van der Waals surface area contributed by atoms with E-state index in [0.717, 1.165) is 47.7 Å². The summed E-state index contributed by atoms with van der Waals surface area (Å²) in [6.07, 6.45) is 2.18. The molecule has 1 aromatic heterocycles. The molecule has 128 valence electrons. The molecule has 0 saturated carbocycles. The minimum absolute atomic E-state index is 0.167. The van der Waals surface area contributed by atoms with Gasteiger partial charge in [0, 0.05) is 24.0 Å². The summed E-state index contributed by atoms with van der Waals surface area (Å²) in [5, 5.41) is 3.20. The van der Waals surface area contributed by atoms with Crippen LogP contribution in [0.15, 0.2) is 30.3 Å². The second-order valence-electron chi connectivity index (χ2n) is 6.16. The SMILES string of the molecule is CNCC1CCCN1C(=O)c1cc(-c2ccc(OC)cc2)c(C)s1. The van der Waals surface area contributed by atoms with Crippen LogP contribution in [0.5, 0.6) is 5.75 Å². The molecule has 1 aromatic carbocycles. The summed E-state index contributed by atoms with van der Waals surface area (Å²) in [6.45, 7) is 3.80. The van der Waals surface area contributed by atoms with Crippen LogP contribution in [0.1, 0.15) is 27.4 Å². The third-order valence-electron chi connectivity index (χ3n) is 4.61. The van der Waals surface area contributed by atoms with Crippen LogP contribution in [0.25, 0.3) is 11.1 Å². The van der Waals surface area contributed by atoms with Gasteiger partial charge in [0.1, 0.15) is 5.75 Å². The number of carbonyl (C=O) groups excluding carboxylic acids is 1. The molecule has 24 heavy (non-hydrogen) atoms. The molecule has 1 atom stereocenters. The molecular formula is C19H24N2O2S. The van der Waals surface area contributed by atoms with Gasteiger partial charge < -0.3 is 15.0 Å². The van der Waals surface area contributed by atoms with Gasteiger partial charge in [0.05, 0.1) is 12.0 Å². The van der Waals surface area contributed by atoms with Crippen molar-refractivity contribution in [2.24, 2.45) is 0 Å². The average molecular weight is 344 g/mol. The van der Waals surface area contributed by atoms with Crippen LogP contribution < -0.4 is 10.1 Å². The minimum Gasteiger partial charge on any atom is -0.497 e. The Labute approximate surface area is 147 Å². The van der Waals surface area contributed by atoms with E-state index in [1.54, 1.807) is 18.4 Å². The average Bonchev–Trinajstić information content (AvgIpc) is 3.21. The van der Waals surface area contributed by atoms with Crippen molar-refractivity contribution in [3.8, 4) is 16.9 Å². The van der Waals surface area contributed by atoms with E-state index in [9.17, 15) is 4.79 Å². The number of methoxy groups -OCH3 is 1. The number of likely N-dealkylation sites (N-methyl/N-ethyl adjacent to an activating group) is 1. The van der Waals surface area contributed by atoms with Crippen molar-refractivity contribution >= 4 is 17.2 Å². The van der Waals surface area contributed by atoms with Crippen LogP contribution in [0, 0.1) is 6.92 Å². The lowest BCUT2D eigenvalue weighted by Gasteiger charge is -2.23. The van der Waals surface area contributed by atoms with Crippen LogP contribution in [0.2, 0.25) is 0 Å². The Balaban J connectivity index is 1.83. The number of likely N-dealkylation sites (tertiary alicyclic amines) is 1. The van der Waals surface area contributed by atoms with E-state index in [0.29, 0.717) is 6.04 Å². The lowest BCUT2D eigenvalue weighted by atomic mass is 10.1. The van der Waals surface area contributed by atoms with Gasteiger partial charge in [-0.05, 0) is 56.1 Å². The smallest absolute Gasteiger partial charge is 0.264 e. The fourth-order valence-corrected chi connectivity index (χ4v) is 4.34. The Morgan fingerprint density at radius 3 is 2.79 bits per heavy atom. The van der Waals surface area contributed by atoms with Crippen LogP contribution >= 0.6 is 11.3 Å². The maximum absolute atomic E-state index is 12.9. The molecule has 5 heteroatoms. The zero-order valence-electron chi connectivity index (χ0n) is 14.5. The molecule has 1 aliphatic heterocycles. The second kappa shape index (κ2) is 7.36. The highest BCUT2D eigenvalue weighted by Gasteiger charge is 2.30. The van der Waals surface area contributed by atoms with Crippen molar-refractivity contribution in [3.05, 3.63) is 40.1 Å². The van der Waals surface area contributed by atoms with E-state index in [2.05, 4.69) is 12.2 Å². The molecule has 4 nitrogen and oxygen atoms in total. The summed E-state index contributed by atoms with van der Waals surface area (Å²) in [6, 6.07) is 10.4. The van der Waals surface area contributed by atoms with Crippen molar-refractivity contribution in [1.29, 1.82) is 0 Å². The zero-order valence-corrected chi connectivity index (χ0v) is 15.3. The third kappa shape index (κ3) is 3.32. The number of hydrogen-bond acceptors (Lipinski definition) is 4. The predicted octanol–water partition coefficient (Wildman–Crippen LogP) is 3.56. The van der Waals surface area contributed by atoms with Crippen LogP contribution in [-0.2, 0) is 0 Å². The van der Waals surface area contributed by atoms with Gasteiger partial charge in [-0.1, -0.05) is 12.1 Å². The van der Waals surface area contributed by atoms with Gasteiger partial charge in [-0.2, -0.15) is 0 Å². The molecule has 1 unspecified atom stereocenters. The number of carbonyl (C=O) groups is 1. The first-order valence-corrected chi connectivity index (χ1v) is 9.16. The van der Waals surface area contributed by atoms with Gasteiger partial charge >= 0.3 is 0 Å². The summed E-state index contributed by atoms with van der Waals surface area (Å²) in [7, 11) is 3.61. The first-order chi connectivity index (χ1) is 11.6. The summed E-state index contributed by atoms with van der Waals surface area (Å²) in [4.78, 5) is 17.0. The molecule has 1 N–H and O–H groups in total. The van der Waals surface area contributed by atoms with Crippen molar-refractivity contribution < 1.29 is 9.53 Å². The Morgan fingerprint density at radius 2 is 2.12 bits per heavy atom. The highest BCUT2D eigenvalue weighted by molar-refractivity contribution is 7.14. The van der Waals surface area contributed by atoms with E-state index in [1.807, 2.05) is 42.3 Å². The van der Waals surface area contributed by atoms with E-state index in [1.165, 1.54) is 4.88 Å². The standard InChI is InChI=1S/C19H24N2O2S/c1-13-17(14-6-8-16(23-3)9-7-14)11-18(24-13)19(22)21-10-4-5-15(21)12-20-2/h6-9,11,15,20H,4-5,10,12H2,1-3H3. The Kier molecular flexibility index (Phi) is 5.21. The van der Waals surface area contributed by atoms with Crippen molar-refractivity contribution in [1.82, 2.24) is 10.2 Å². The fraction of sp³-hybridized carbons (Fsp3) is 0.421. The second-order valence-corrected chi connectivity index (χ2v) is 7.42. The lowest BCUT2D eigenvalue weighted by molar-refractivity contribution is 0.0742. The molecular weight excluding hydrogens is 320 g/mol. The summed E-state index contributed by atoms with van der Waals surface area (Å²) in [5.41, 5.74) is 2.26. The van der Waals surface area contributed by atoms with Gasteiger partial charge in [-0.3, -0.25) is 4.79 Å². The minimum atomic E-state index is 0.167. The van der Waals surface area contributed by atoms with E-state index >= 15 is 0 Å². The number of ether oxygens (including phenoxy) is 1. The molecule has 1 aliphatic rings. The Bertz CT molecular complexity index is 709. The highest BCUT2D eigenvalue weighted by atomic mass is 32.1.